The molecule has 2 aliphatic rings. The standard InChI is InChI=1S/C26H35N3O/c1-21-12-16-29(17-13-21)19-22-8-10-23(11-9-22)26(30)27-18-24-6-2-3-7-25(24)20-28-14-4-5-15-28/h2-3,6-11,21H,4-5,12-20H2,1H3,(H,27,30). The van der Waals surface area contributed by atoms with Crippen LogP contribution < -0.4 is 5.32 Å². The molecule has 160 valence electrons. The molecule has 4 rings (SSSR count). The third kappa shape index (κ3) is 5.71. The van der Waals surface area contributed by atoms with Crippen LogP contribution in [0.3, 0.4) is 0 Å². The molecule has 1 amide bonds. The highest BCUT2D eigenvalue weighted by molar-refractivity contribution is 5.94. The van der Waals surface area contributed by atoms with Gasteiger partial charge in [-0.2, -0.15) is 0 Å². The minimum atomic E-state index is 0.00400. The van der Waals surface area contributed by atoms with Crippen LogP contribution in [0, 0.1) is 5.92 Å². The van der Waals surface area contributed by atoms with Gasteiger partial charge in [0.25, 0.3) is 5.91 Å². The maximum atomic E-state index is 12.7. The second-order valence-electron chi connectivity index (χ2n) is 9.09. The van der Waals surface area contributed by atoms with E-state index < -0.39 is 0 Å². The first kappa shape index (κ1) is 21.1. The first-order valence-electron chi connectivity index (χ1n) is 11.6. The number of carbonyl (C=O) groups excluding carboxylic acids is 1. The van der Waals surface area contributed by atoms with E-state index in [-0.39, 0.29) is 5.91 Å². The Labute approximate surface area is 181 Å². The fourth-order valence-corrected chi connectivity index (χ4v) is 4.58. The van der Waals surface area contributed by atoms with Crippen LogP contribution in [0.1, 0.15) is 59.7 Å². The summed E-state index contributed by atoms with van der Waals surface area (Å²) >= 11 is 0. The van der Waals surface area contributed by atoms with Crippen LogP contribution in [-0.4, -0.2) is 41.9 Å². The number of rotatable bonds is 7. The molecule has 0 saturated carbocycles. The highest BCUT2D eigenvalue weighted by atomic mass is 16.1. The molecule has 1 N–H and O–H groups in total. The summed E-state index contributed by atoms with van der Waals surface area (Å²) in [6.45, 7) is 9.62. The Morgan fingerprint density at radius 3 is 2.20 bits per heavy atom. The van der Waals surface area contributed by atoms with Gasteiger partial charge in [0.2, 0.25) is 0 Å². The largest absolute Gasteiger partial charge is 0.348 e. The summed E-state index contributed by atoms with van der Waals surface area (Å²) in [7, 11) is 0. The second kappa shape index (κ2) is 10.2. The minimum absolute atomic E-state index is 0.00400. The number of nitrogens with zero attached hydrogens (tertiary/aromatic N) is 2. The van der Waals surface area contributed by atoms with Crippen LogP contribution in [0.2, 0.25) is 0 Å². The Hall–Kier alpha value is -2.17. The van der Waals surface area contributed by atoms with Crippen molar-refractivity contribution in [1.82, 2.24) is 15.1 Å². The van der Waals surface area contributed by atoms with Crippen molar-refractivity contribution in [2.45, 2.75) is 52.2 Å². The third-order valence-corrected chi connectivity index (χ3v) is 6.65. The Bertz CT molecular complexity index is 818. The normalized spacial score (nSPS) is 18.6. The van der Waals surface area contributed by atoms with E-state index in [4.69, 9.17) is 0 Å². The fourth-order valence-electron chi connectivity index (χ4n) is 4.58. The van der Waals surface area contributed by atoms with E-state index in [1.807, 2.05) is 12.1 Å². The Balaban J connectivity index is 1.30. The summed E-state index contributed by atoms with van der Waals surface area (Å²) in [5, 5.41) is 3.12. The molecule has 2 aromatic rings. The first-order chi connectivity index (χ1) is 14.7. The van der Waals surface area contributed by atoms with Crippen molar-refractivity contribution in [2.24, 2.45) is 5.92 Å². The average molecular weight is 406 g/mol. The molecule has 0 radical (unpaired) electrons. The molecule has 0 atom stereocenters. The van der Waals surface area contributed by atoms with Gasteiger partial charge in [-0.05, 0) is 86.6 Å². The van der Waals surface area contributed by atoms with E-state index in [9.17, 15) is 4.79 Å². The van der Waals surface area contributed by atoms with Crippen molar-refractivity contribution in [3.8, 4) is 0 Å². The Morgan fingerprint density at radius 2 is 1.50 bits per heavy atom. The van der Waals surface area contributed by atoms with E-state index in [0.717, 1.165) is 24.6 Å². The van der Waals surface area contributed by atoms with Gasteiger partial charge in [0.05, 0.1) is 0 Å². The highest BCUT2D eigenvalue weighted by Gasteiger charge is 2.16. The quantitative estimate of drug-likeness (QED) is 0.739. The zero-order chi connectivity index (χ0) is 20.8. The van der Waals surface area contributed by atoms with E-state index in [1.165, 1.54) is 68.6 Å². The lowest BCUT2D eigenvalue weighted by Crippen LogP contribution is -2.32. The summed E-state index contributed by atoms with van der Waals surface area (Å²) in [6, 6.07) is 16.6. The molecule has 2 aliphatic heterocycles. The van der Waals surface area contributed by atoms with Crippen LogP contribution in [-0.2, 0) is 19.6 Å². The van der Waals surface area contributed by atoms with E-state index >= 15 is 0 Å². The van der Waals surface area contributed by atoms with Gasteiger partial charge in [-0.3, -0.25) is 14.6 Å². The van der Waals surface area contributed by atoms with Crippen molar-refractivity contribution in [2.75, 3.05) is 26.2 Å². The average Bonchev–Trinajstić information content (AvgIpc) is 3.28. The summed E-state index contributed by atoms with van der Waals surface area (Å²) in [6.07, 6.45) is 5.18. The number of likely N-dealkylation sites (tertiary alicyclic amines) is 2. The van der Waals surface area contributed by atoms with Crippen LogP contribution >= 0.6 is 0 Å². The molecule has 0 unspecified atom stereocenters. The molecule has 0 aromatic heterocycles. The van der Waals surface area contributed by atoms with E-state index in [0.29, 0.717) is 6.54 Å². The lowest BCUT2D eigenvalue weighted by atomic mass is 9.99. The molecular weight excluding hydrogens is 370 g/mol. The van der Waals surface area contributed by atoms with Crippen LogP contribution in [0.5, 0.6) is 0 Å². The molecule has 0 aliphatic carbocycles. The zero-order valence-corrected chi connectivity index (χ0v) is 18.3. The lowest BCUT2D eigenvalue weighted by Gasteiger charge is -2.30. The van der Waals surface area contributed by atoms with Gasteiger partial charge in [-0.15, -0.1) is 0 Å². The molecule has 0 bridgehead atoms. The van der Waals surface area contributed by atoms with E-state index in [1.54, 1.807) is 0 Å². The summed E-state index contributed by atoms with van der Waals surface area (Å²) in [5.74, 6) is 0.858. The van der Waals surface area contributed by atoms with Crippen molar-refractivity contribution in [3.05, 3.63) is 70.8 Å². The predicted molar refractivity (Wildman–Crippen MR) is 122 cm³/mol. The Kier molecular flexibility index (Phi) is 7.19. The van der Waals surface area contributed by atoms with Gasteiger partial charge in [-0.1, -0.05) is 43.3 Å². The van der Waals surface area contributed by atoms with Crippen molar-refractivity contribution in [3.63, 3.8) is 0 Å². The number of piperidine rings is 1. The van der Waals surface area contributed by atoms with Crippen LogP contribution in [0.4, 0.5) is 0 Å². The third-order valence-electron chi connectivity index (χ3n) is 6.65. The molecule has 4 nitrogen and oxygen atoms in total. The Morgan fingerprint density at radius 1 is 0.867 bits per heavy atom. The summed E-state index contributed by atoms with van der Waals surface area (Å²) in [4.78, 5) is 17.7. The van der Waals surface area contributed by atoms with Crippen LogP contribution in [0.15, 0.2) is 48.5 Å². The first-order valence-corrected chi connectivity index (χ1v) is 11.6. The molecule has 2 saturated heterocycles. The SMILES string of the molecule is CC1CCN(Cc2ccc(C(=O)NCc3ccccc3CN3CCCC3)cc2)CC1. The smallest absolute Gasteiger partial charge is 0.251 e. The minimum Gasteiger partial charge on any atom is -0.348 e. The van der Waals surface area contributed by atoms with Crippen molar-refractivity contribution >= 4 is 5.91 Å². The maximum Gasteiger partial charge on any atom is 0.251 e. The topological polar surface area (TPSA) is 35.6 Å². The highest BCUT2D eigenvalue weighted by Crippen LogP contribution is 2.19. The monoisotopic (exact) mass is 405 g/mol. The number of hydrogen-bond donors (Lipinski definition) is 1. The molecule has 2 aromatic carbocycles. The summed E-state index contributed by atoms with van der Waals surface area (Å²) < 4.78 is 0. The number of benzene rings is 2. The van der Waals surface area contributed by atoms with Gasteiger partial charge in [0.15, 0.2) is 0 Å². The maximum absolute atomic E-state index is 12.7. The van der Waals surface area contributed by atoms with Gasteiger partial charge < -0.3 is 5.32 Å². The molecule has 2 heterocycles. The number of amides is 1. The van der Waals surface area contributed by atoms with Crippen molar-refractivity contribution in [1.29, 1.82) is 0 Å². The number of carbonyl (C=O) groups is 1. The fraction of sp³-hybridized carbons (Fsp3) is 0.500. The molecule has 0 spiro atoms. The van der Waals surface area contributed by atoms with Gasteiger partial charge >= 0.3 is 0 Å². The molecule has 4 heteroatoms. The second-order valence-corrected chi connectivity index (χ2v) is 9.09. The van der Waals surface area contributed by atoms with E-state index in [2.05, 4.69) is 58.4 Å². The molecule has 30 heavy (non-hydrogen) atoms. The molecule has 2 fully saturated rings. The van der Waals surface area contributed by atoms with Crippen LogP contribution in [0.25, 0.3) is 0 Å². The molecular formula is C26H35N3O. The number of nitrogens with one attached hydrogen (secondary N) is 1. The summed E-state index contributed by atoms with van der Waals surface area (Å²) in [5.41, 5.74) is 4.57. The van der Waals surface area contributed by atoms with Gasteiger partial charge in [0.1, 0.15) is 0 Å². The lowest BCUT2D eigenvalue weighted by molar-refractivity contribution is 0.0950. The van der Waals surface area contributed by atoms with Gasteiger partial charge in [-0.25, -0.2) is 0 Å². The predicted octanol–water partition coefficient (Wildman–Crippen LogP) is 4.44. The van der Waals surface area contributed by atoms with Crippen molar-refractivity contribution < 1.29 is 4.79 Å². The van der Waals surface area contributed by atoms with Gasteiger partial charge in [0, 0.05) is 25.2 Å². The zero-order valence-electron chi connectivity index (χ0n) is 18.3. The number of hydrogen-bond acceptors (Lipinski definition) is 3.